The van der Waals surface area contributed by atoms with E-state index in [1.54, 1.807) is 12.1 Å². The largest absolute Gasteiger partial charge is 0.493 e. The van der Waals surface area contributed by atoms with Crippen LogP contribution in [0.1, 0.15) is 17.0 Å². The lowest BCUT2D eigenvalue weighted by Crippen LogP contribution is -2.14. The maximum absolute atomic E-state index is 13.7. The fourth-order valence-electron chi connectivity index (χ4n) is 2.39. The first-order valence-corrected chi connectivity index (χ1v) is 6.46. The number of para-hydroxylation sites is 1. The molecular weight excluding hydrogens is 241 g/mol. The third kappa shape index (κ3) is 2.41. The Morgan fingerprint density at radius 1 is 1.26 bits per heavy atom. The van der Waals surface area contributed by atoms with E-state index in [2.05, 4.69) is 11.4 Å². The standard InChI is InChI=1S/C16H16FNO/c1-11-6-7-15(14(17)8-11)18-9-12-10-19-16-5-3-2-4-13(12)16/h2-8,12,18H,9-10H2,1H3. The summed E-state index contributed by atoms with van der Waals surface area (Å²) < 4.78 is 19.3. The first-order chi connectivity index (χ1) is 9.24. The van der Waals surface area contributed by atoms with Gasteiger partial charge in [0.25, 0.3) is 0 Å². The number of halogens is 1. The fourth-order valence-corrected chi connectivity index (χ4v) is 2.39. The molecule has 0 saturated heterocycles. The molecule has 0 radical (unpaired) electrons. The molecule has 2 aromatic rings. The number of benzene rings is 2. The van der Waals surface area contributed by atoms with Gasteiger partial charge in [0, 0.05) is 18.0 Å². The lowest BCUT2D eigenvalue weighted by Gasteiger charge is -2.12. The van der Waals surface area contributed by atoms with Gasteiger partial charge in [0.15, 0.2) is 0 Å². The van der Waals surface area contributed by atoms with E-state index in [1.165, 1.54) is 5.56 Å². The van der Waals surface area contributed by atoms with Crippen LogP contribution in [0.3, 0.4) is 0 Å². The zero-order valence-corrected chi connectivity index (χ0v) is 10.8. The van der Waals surface area contributed by atoms with Gasteiger partial charge in [0.05, 0.1) is 12.3 Å². The quantitative estimate of drug-likeness (QED) is 0.904. The lowest BCUT2D eigenvalue weighted by atomic mass is 10.0. The minimum Gasteiger partial charge on any atom is -0.493 e. The number of hydrogen-bond acceptors (Lipinski definition) is 2. The number of hydrogen-bond donors (Lipinski definition) is 1. The van der Waals surface area contributed by atoms with Crippen molar-refractivity contribution in [2.75, 3.05) is 18.5 Å². The maximum Gasteiger partial charge on any atom is 0.146 e. The number of aryl methyl sites for hydroxylation is 1. The average molecular weight is 257 g/mol. The zero-order chi connectivity index (χ0) is 13.2. The van der Waals surface area contributed by atoms with E-state index in [4.69, 9.17) is 4.74 Å². The first kappa shape index (κ1) is 12.0. The minimum absolute atomic E-state index is 0.202. The summed E-state index contributed by atoms with van der Waals surface area (Å²) in [6.07, 6.45) is 0. The molecule has 1 aliphatic heterocycles. The van der Waals surface area contributed by atoms with E-state index < -0.39 is 0 Å². The van der Waals surface area contributed by atoms with Crippen molar-refractivity contribution in [1.82, 2.24) is 0 Å². The second-order valence-corrected chi connectivity index (χ2v) is 4.91. The third-order valence-electron chi connectivity index (χ3n) is 3.46. The van der Waals surface area contributed by atoms with Crippen molar-refractivity contribution in [2.45, 2.75) is 12.8 Å². The van der Waals surface area contributed by atoms with Crippen LogP contribution in [0.5, 0.6) is 5.75 Å². The normalized spacial score (nSPS) is 16.8. The molecule has 0 aromatic heterocycles. The predicted molar refractivity (Wildman–Crippen MR) is 74.3 cm³/mol. The molecule has 3 heteroatoms. The Kier molecular flexibility index (Phi) is 3.11. The molecule has 0 bridgehead atoms. The van der Waals surface area contributed by atoms with Crippen LogP contribution in [0.2, 0.25) is 0 Å². The van der Waals surface area contributed by atoms with Crippen LogP contribution in [0.15, 0.2) is 42.5 Å². The van der Waals surface area contributed by atoms with Crippen LogP contribution in [-0.2, 0) is 0 Å². The summed E-state index contributed by atoms with van der Waals surface area (Å²) in [5.41, 5.74) is 2.68. The van der Waals surface area contributed by atoms with E-state index >= 15 is 0 Å². The smallest absolute Gasteiger partial charge is 0.146 e. The molecule has 0 spiro atoms. The molecule has 0 amide bonds. The molecule has 3 rings (SSSR count). The van der Waals surface area contributed by atoms with Gasteiger partial charge >= 0.3 is 0 Å². The van der Waals surface area contributed by atoms with Crippen LogP contribution >= 0.6 is 0 Å². The topological polar surface area (TPSA) is 21.3 Å². The summed E-state index contributed by atoms with van der Waals surface area (Å²) in [6, 6.07) is 13.3. The molecular formula is C16H16FNO. The molecule has 1 N–H and O–H groups in total. The van der Waals surface area contributed by atoms with E-state index in [-0.39, 0.29) is 11.7 Å². The molecule has 0 aliphatic carbocycles. The average Bonchev–Trinajstić information content (AvgIpc) is 2.81. The molecule has 98 valence electrons. The summed E-state index contributed by atoms with van der Waals surface area (Å²) in [5.74, 6) is 1.02. The Balaban J connectivity index is 1.71. The van der Waals surface area contributed by atoms with Gasteiger partial charge in [-0.3, -0.25) is 0 Å². The van der Waals surface area contributed by atoms with Crippen LogP contribution in [-0.4, -0.2) is 13.2 Å². The van der Waals surface area contributed by atoms with E-state index in [1.807, 2.05) is 31.2 Å². The highest BCUT2D eigenvalue weighted by Gasteiger charge is 2.23. The molecule has 1 aliphatic rings. The van der Waals surface area contributed by atoms with Crippen molar-refractivity contribution in [2.24, 2.45) is 0 Å². The van der Waals surface area contributed by atoms with Gasteiger partial charge in [-0.05, 0) is 30.7 Å². The molecule has 1 heterocycles. The third-order valence-corrected chi connectivity index (χ3v) is 3.46. The Morgan fingerprint density at radius 3 is 2.95 bits per heavy atom. The van der Waals surface area contributed by atoms with Crippen molar-refractivity contribution >= 4 is 5.69 Å². The number of nitrogens with one attached hydrogen (secondary N) is 1. The maximum atomic E-state index is 13.7. The highest BCUT2D eigenvalue weighted by Crippen LogP contribution is 2.33. The van der Waals surface area contributed by atoms with Gasteiger partial charge in [0.2, 0.25) is 0 Å². The van der Waals surface area contributed by atoms with Gasteiger partial charge in [-0.25, -0.2) is 4.39 Å². The molecule has 2 aromatic carbocycles. The molecule has 2 nitrogen and oxygen atoms in total. The monoisotopic (exact) mass is 257 g/mol. The lowest BCUT2D eigenvalue weighted by molar-refractivity contribution is 0.334. The Labute approximate surface area is 112 Å². The first-order valence-electron chi connectivity index (χ1n) is 6.46. The molecule has 1 unspecified atom stereocenters. The van der Waals surface area contributed by atoms with E-state index in [9.17, 15) is 4.39 Å². The van der Waals surface area contributed by atoms with Crippen LogP contribution in [0.25, 0.3) is 0 Å². The second kappa shape index (κ2) is 4.92. The Bertz CT molecular complexity index is 597. The van der Waals surface area contributed by atoms with E-state index in [0.717, 1.165) is 11.3 Å². The summed E-state index contributed by atoms with van der Waals surface area (Å²) in [7, 11) is 0. The van der Waals surface area contributed by atoms with Crippen LogP contribution in [0, 0.1) is 12.7 Å². The van der Waals surface area contributed by atoms with Crippen molar-refractivity contribution < 1.29 is 9.13 Å². The van der Waals surface area contributed by atoms with Crippen molar-refractivity contribution in [3.05, 3.63) is 59.4 Å². The highest BCUT2D eigenvalue weighted by molar-refractivity contribution is 5.48. The summed E-state index contributed by atoms with van der Waals surface area (Å²) >= 11 is 0. The summed E-state index contributed by atoms with van der Waals surface area (Å²) in [6.45, 7) is 3.21. The van der Waals surface area contributed by atoms with Gasteiger partial charge in [-0.1, -0.05) is 24.3 Å². The summed E-state index contributed by atoms with van der Waals surface area (Å²) in [5, 5.41) is 3.17. The molecule has 1 atom stereocenters. The van der Waals surface area contributed by atoms with Gasteiger partial charge in [-0.15, -0.1) is 0 Å². The van der Waals surface area contributed by atoms with E-state index in [0.29, 0.717) is 18.8 Å². The highest BCUT2D eigenvalue weighted by atomic mass is 19.1. The van der Waals surface area contributed by atoms with Crippen molar-refractivity contribution in [3.8, 4) is 5.75 Å². The molecule has 0 saturated carbocycles. The van der Waals surface area contributed by atoms with Crippen molar-refractivity contribution in [1.29, 1.82) is 0 Å². The zero-order valence-electron chi connectivity index (χ0n) is 10.8. The number of ether oxygens (including phenoxy) is 1. The molecule has 19 heavy (non-hydrogen) atoms. The number of anilines is 1. The summed E-state index contributed by atoms with van der Waals surface area (Å²) in [4.78, 5) is 0. The van der Waals surface area contributed by atoms with Gasteiger partial charge < -0.3 is 10.1 Å². The second-order valence-electron chi connectivity index (χ2n) is 4.91. The molecule has 0 fully saturated rings. The fraction of sp³-hybridized carbons (Fsp3) is 0.250. The SMILES string of the molecule is Cc1ccc(NCC2COc3ccccc32)c(F)c1. The van der Waals surface area contributed by atoms with Crippen LogP contribution in [0.4, 0.5) is 10.1 Å². The Morgan fingerprint density at radius 2 is 2.11 bits per heavy atom. The van der Waals surface area contributed by atoms with Crippen molar-refractivity contribution in [3.63, 3.8) is 0 Å². The number of fused-ring (bicyclic) bond motifs is 1. The van der Waals surface area contributed by atoms with Gasteiger partial charge in [0.1, 0.15) is 11.6 Å². The van der Waals surface area contributed by atoms with Gasteiger partial charge in [-0.2, -0.15) is 0 Å². The predicted octanol–water partition coefficient (Wildman–Crippen LogP) is 3.72. The minimum atomic E-state index is -0.202. The Hall–Kier alpha value is -2.03. The number of rotatable bonds is 3. The van der Waals surface area contributed by atoms with Crippen LogP contribution < -0.4 is 10.1 Å².